The van der Waals surface area contributed by atoms with Gasteiger partial charge in [0.1, 0.15) is 0 Å². The Morgan fingerprint density at radius 1 is 1.33 bits per heavy atom. The second-order valence-electron chi connectivity index (χ2n) is 4.41. The molecule has 0 radical (unpaired) electrons. The quantitative estimate of drug-likeness (QED) is 0.884. The molecule has 1 aromatic heterocycles. The van der Waals surface area contributed by atoms with Gasteiger partial charge < -0.3 is 14.8 Å². The number of halogens is 1. The highest BCUT2D eigenvalue weighted by molar-refractivity contribution is 6.29. The molecule has 1 aromatic rings. The molecule has 2 unspecified atom stereocenters. The van der Waals surface area contributed by atoms with Gasteiger partial charge in [0.15, 0.2) is 11.0 Å². The number of carbonyl (C=O) groups is 2. The highest BCUT2D eigenvalue weighted by atomic mass is 35.5. The Labute approximate surface area is 109 Å². The summed E-state index contributed by atoms with van der Waals surface area (Å²) in [6.07, 6.45) is 3.08. The molecule has 1 aliphatic rings. The maximum absolute atomic E-state index is 11.8. The normalized spacial score (nSPS) is 23.6. The Morgan fingerprint density at radius 3 is 2.67 bits per heavy atom. The first-order chi connectivity index (χ1) is 8.58. The zero-order valence-corrected chi connectivity index (χ0v) is 10.4. The molecular formula is C12H14ClNO4. The van der Waals surface area contributed by atoms with E-state index >= 15 is 0 Å². The van der Waals surface area contributed by atoms with Crippen molar-refractivity contribution in [1.29, 1.82) is 0 Å². The van der Waals surface area contributed by atoms with Crippen LogP contribution in [0.2, 0.25) is 5.22 Å². The van der Waals surface area contributed by atoms with Crippen LogP contribution in [0.3, 0.4) is 0 Å². The van der Waals surface area contributed by atoms with Crippen molar-refractivity contribution in [3.63, 3.8) is 0 Å². The lowest BCUT2D eigenvalue weighted by Crippen LogP contribution is -2.45. The second kappa shape index (κ2) is 5.44. The van der Waals surface area contributed by atoms with Crippen molar-refractivity contribution >= 4 is 23.5 Å². The summed E-state index contributed by atoms with van der Waals surface area (Å²) in [6, 6.07) is 2.61. The van der Waals surface area contributed by atoms with Crippen molar-refractivity contribution < 1.29 is 19.1 Å². The van der Waals surface area contributed by atoms with E-state index < -0.39 is 17.8 Å². The summed E-state index contributed by atoms with van der Waals surface area (Å²) in [5.41, 5.74) is 0. The largest absolute Gasteiger partial charge is 0.481 e. The Balaban J connectivity index is 2.03. The van der Waals surface area contributed by atoms with Crippen molar-refractivity contribution in [3.05, 3.63) is 23.1 Å². The third-order valence-electron chi connectivity index (χ3n) is 3.20. The van der Waals surface area contributed by atoms with Crippen LogP contribution in [0.4, 0.5) is 0 Å². The van der Waals surface area contributed by atoms with Crippen molar-refractivity contribution in [3.8, 4) is 0 Å². The van der Waals surface area contributed by atoms with Crippen LogP contribution in [0.1, 0.15) is 36.2 Å². The lowest BCUT2D eigenvalue weighted by Gasteiger charge is -2.28. The zero-order chi connectivity index (χ0) is 13.1. The Bertz CT molecular complexity index is 457. The number of amides is 1. The maximum Gasteiger partial charge on any atom is 0.308 e. The first kappa shape index (κ1) is 13.0. The molecule has 0 aliphatic heterocycles. The number of nitrogens with one attached hydrogen (secondary N) is 1. The van der Waals surface area contributed by atoms with Gasteiger partial charge in [-0.05, 0) is 36.6 Å². The lowest BCUT2D eigenvalue weighted by atomic mass is 9.84. The van der Waals surface area contributed by atoms with Gasteiger partial charge in [-0.1, -0.05) is 12.8 Å². The number of carboxylic acids is 1. The highest BCUT2D eigenvalue weighted by Gasteiger charge is 2.32. The third-order valence-corrected chi connectivity index (χ3v) is 3.40. The summed E-state index contributed by atoms with van der Waals surface area (Å²) in [7, 11) is 0. The van der Waals surface area contributed by atoms with E-state index in [0.29, 0.717) is 12.8 Å². The molecule has 1 saturated carbocycles. The molecule has 0 bridgehead atoms. The fraction of sp³-hybridized carbons (Fsp3) is 0.500. The SMILES string of the molecule is O=C(NC1CCCCC1C(=O)O)c1ccc(Cl)o1. The van der Waals surface area contributed by atoms with Crippen LogP contribution >= 0.6 is 11.6 Å². The summed E-state index contributed by atoms with van der Waals surface area (Å²) >= 11 is 5.59. The van der Waals surface area contributed by atoms with Crippen molar-refractivity contribution in [2.45, 2.75) is 31.7 Å². The van der Waals surface area contributed by atoms with Crippen LogP contribution in [0.5, 0.6) is 0 Å². The van der Waals surface area contributed by atoms with E-state index in [9.17, 15) is 9.59 Å². The third kappa shape index (κ3) is 2.85. The maximum atomic E-state index is 11.8. The van der Waals surface area contributed by atoms with Crippen LogP contribution in [-0.2, 0) is 4.79 Å². The number of hydrogen-bond acceptors (Lipinski definition) is 3. The van der Waals surface area contributed by atoms with Gasteiger partial charge in [-0.2, -0.15) is 0 Å². The number of aliphatic carboxylic acids is 1. The predicted molar refractivity (Wildman–Crippen MR) is 64.6 cm³/mol. The molecule has 5 nitrogen and oxygen atoms in total. The first-order valence-corrected chi connectivity index (χ1v) is 6.24. The Hall–Kier alpha value is -1.49. The zero-order valence-electron chi connectivity index (χ0n) is 9.69. The smallest absolute Gasteiger partial charge is 0.308 e. The van der Waals surface area contributed by atoms with Crippen LogP contribution in [0.25, 0.3) is 0 Å². The summed E-state index contributed by atoms with van der Waals surface area (Å²) < 4.78 is 4.99. The molecule has 0 saturated heterocycles. The van der Waals surface area contributed by atoms with Crippen molar-refractivity contribution in [1.82, 2.24) is 5.32 Å². The Morgan fingerprint density at radius 2 is 2.06 bits per heavy atom. The van der Waals surface area contributed by atoms with E-state index in [-0.39, 0.29) is 17.0 Å². The van der Waals surface area contributed by atoms with Crippen molar-refractivity contribution in [2.24, 2.45) is 5.92 Å². The summed E-state index contributed by atoms with van der Waals surface area (Å²) in [5.74, 6) is -1.69. The van der Waals surface area contributed by atoms with Gasteiger partial charge in [0, 0.05) is 6.04 Å². The van der Waals surface area contributed by atoms with E-state index in [4.69, 9.17) is 21.1 Å². The van der Waals surface area contributed by atoms with Gasteiger partial charge in [0.25, 0.3) is 5.91 Å². The van der Waals surface area contributed by atoms with Crippen LogP contribution < -0.4 is 5.32 Å². The fourth-order valence-electron chi connectivity index (χ4n) is 2.28. The Kier molecular flexibility index (Phi) is 3.91. The molecule has 2 N–H and O–H groups in total. The van der Waals surface area contributed by atoms with Crippen LogP contribution in [-0.4, -0.2) is 23.0 Å². The minimum absolute atomic E-state index is 0.106. The second-order valence-corrected chi connectivity index (χ2v) is 4.79. The standard InChI is InChI=1S/C12H14ClNO4/c13-10-6-5-9(18-10)11(15)14-8-4-2-1-3-7(8)12(16)17/h5-8H,1-4H2,(H,14,15)(H,16,17). The average molecular weight is 272 g/mol. The van der Waals surface area contributed by atoms with E-state index in [1.54, 1.807) is 0 Å². The predicted octanol–water partition coefficient (Wildman–Crippen LogP) is 2.31. The fourth-order valence-corrected chi connectivity index (χ4v) is 2.42. The average Bonchev–Trinajstić information content (AvgIpc) is 2.76. The van der Waals surface area contributed by atoms with Crippen LogP contribution in [0.15, 0.2) is 16.5 Å². The van der Waals surface area contributed by atoms with Crippen molar-refractivity contribution in [2.75, 3.05) is 0 Å². The number of carboxylic acid groups (broad SMARTS) is 1. The van der Waals surface area contributed by atoms with Gasteiger partial charge in [-0.15, -0.1) is 0 Å². The molecular weight excluding hydrogens is 258 g/mol. The molecule has 0 spiro atoms. The summed E-state index contributed by atoms with van der Waals surface area (Å²) in [6.45, 7) is 0. The highest BCUT2D eigenvalue weighted by Crippen LogP contribution is 2.25. The van der Waals surface area contributed by atoms with E-state index in [1.807, 2.05) is 0 Å². The minimum Gasteiger partial charge on any atom is -0.481 e. The molecule has 2 rings (SSSR count). The summed E-state index contributed by atoms with van der Waals surface area (Å²) in [4.78, 5) is 22.9. The molecule has 1 amide bonds. The van der Waals surface area contributed by atoms with Gasteiger partial charge in [0.05, 0.1) is 5.92 Å². The molecule has 1 heterocycles. The van der Waals surface area contributed by atoms with E-state index in [1.165, 1.54) is 12.1 Å². The number of hydrogen-bond donors (Lipinski definition) is 2. The number of furan rings is 1. The van der Waals surface area contributed by atoms with Gasteiger partial charge >= 0.3 is 5.97 Å². The molecule has 0 aromatic carbocycles. The van der Waals surface area contributed by atoms with E-state index in [2.05, 4.69) is 5.32 Å². The first-order valence-electron chi connectivity index (χ1n) is 5.87. The monoisotopic (exact) mass is 271 g/mol. The number of rotatable bonds is 3. The van der Waals surface area contributed by atoms with Gasteiger partial charge in [-0.3, -0.25) is 9.59 Å². The van der Waals surface area contributed by atoms with Gasteiger partial charge in [-0.25, -0.2) is 0 Å². The number of carbonyl (C=O) groups excluding carboxylic acids is 1. The minimum atomic E-state index is -0.863. The molecule has 1 fully saturated rings. The molecule has 18 heavy (non-hydrogen) atoms. The van der Waals surface area contributed by atoms with Crippen LogP contribution in [0, 0.1) is 5.92 Å². The molecule has 98 valence electrons. The molecule has 2 atom stereocenters. The summed E-state index contributed by atoms with van der Waals surface area (Å²) in [5, 5.41) is 11.9. The lowest BCUT2D eigenvalue weighted by molar-refractivity contribution is -0.143. The van der Waals surface area contributed by atoms with Gasteiger partial charge in [0.2, 0.25) is 0 Å². The molecule has 6 heteroatoms. The van der Waals surface area contributed by atoms with E-state index in [0.717, 1.165) is 12.8 Å². The topological polar surface area (TPSA) is 79.5 Å². The molecule has 1 aliphatic carbocycles.